The van der Waals surface area contributed by atoms with Crippen molar-refractivity contribution >= 4 is 17.3 Å². The Morgan fingerprint density at radius 2 is 2.14 bits per heavy atom. The first-order chi connectivity index (χ1) is 9.91. The Hall–Kier alpha value is -2.15. The third kappa shape index (κ3) is 3.13. The van der Waals surface area contributed by atoms with Crippen LogP contribution in [-0.2, 0) is 0 Å². The number of hydrogen-bond acceptors (Lipinski definition) is 5. The minimum absolute atomic E-state index is 0.0108. The number of rotatable bonds is 3. The number of nitro groups is 1. The molecule has 0 saturated carbocycles. The van der Waals surface area contributed by atoms with Gasteiger partial charge in [0.2, 0.25) is 0 Å². The van der Waals surface area contributed by atoms with Crippen LogP contribution in [0.25, 0.3) is 0 Å². The zero-order valence-corrected chi connectivity index (χ0v) is 12.2. The van der Waals surface area contributed by atoms with Crippen molar-refractivity contribution in [3.8, 4) is 0 Å². The van der Waals surface area contributed by atoms with Crippen LogP contribution in [0.5, 0.6) is 0 Å². The van der Waals surface area contributed by atoms with Gasteiger partial charge in [0, 0.05) is 25.2 Å². The Labute approximate surface area is 122 Å². The first-order valence-corrected chi connectivity index (χ1v) is 6.87. The van der Waals surface area contributed by atoms with Crippen LogP contribution in [0.2, 0.25) is 0 Å². The molecule has 1 N–H and O–H groups in total. The van der Waals surface area contributed by atoms with Gasteiger partial charge in [0.15, 0.2) is 0 Å². The molecular formula is C14H19N3O4. The molecule has 0 aromatic heterocycles. The van der Waals surface area contributed by atoms with Crippen molar-refractivity contribution in [1.82, 2.24) is 4.90 Å². The van der Waals surface area contributed by atoms with E-state index in [4.69, 9.17) is 0 Å². The number of anilines is 1. The van der Waals surface area contributed by atoms with Gasteiger partial charge in [0.05, 0.1) is 10.5 Å². The summed E-state index contributed by atoms with van der Waals surface area (Å²) in [6, 6.07) is 4.21. The lowest BCUT2D eigenvalue weighted by Crippen LogP contribution is -2.39. The predicted molar refractivity (Wildman–Crippen MR) is 79.0 cm³/mol. The lowest BCUT2D eigenvalue weighted by Gasteiger charge is -2.30. The van der Waals surface area contributed by atoms with Gasteiger partial charge in [-0.3, -0.25) is 10.1 Å². The van der Waals surface area contributed by atoms with Crippen molar-refractivity contribution in [2.75, 3.05) is 31.6 Å². The molecule has 1 aromatic carbocycles. The Kier molecular flexibility index (Phi) is 4.42. The second kappa shape index (κ2) is 6.09. The van der Waals surface area contributed by atoms with E-state index < -0.39 is 10.9 Å². The lowest BCUT2D eigenvalue weighted by molar-refractivity contribution is -0.384. The van der Waals surface area contributed by atoms with Crippen LogP contribution in [0.1, 0.15) is 23.7 Å². The number of para-hydroxylation sites is 1. The van der Waals surface area contributed by atoms with Gasteiger partial charge in [-0.25, -0.2) is 4.79 Å². The van der Waals surface area contributed by atoms with Crippen LogP contribution >= 0.6 is 0 Å². The van der Waals surface area contributed by atoms with Gasteiger partial charge in [-0.05, 0) is 33.0 Å². The molecule has 0 radical (unpaired) electrons. The Bertz CT molecular complexity index is 529. The van der Waals surface area contributed by atoms with Gasteiger partial charge in [0.25, 0.3) is 5.69 Å². The van der Waals surface area contributed by atoms with Gasteiger partial charge in [-0.15, -0.1) is 0 Å². The van der Waals surface area contributed by atoms with Gasteiger partial charge in [-0.2, -0.15) is 0 Å². The van der Waals surface area contributed by atoms with Crippen LogP contribution in [0, 0.1) is 10.1 Å². The molecule has 1 fully saturated rings. The summed E-state index contributed by atoms with van der Waals surface area (Å²) in [5.74, 6) is -1.14. The van der Waals surface area contributed by atoms with E-state index in [1.165, 1.54) is 18.2 Å². The lowest BCUT2D eigenvalue weighted by atomic mass is 10.1. The summed E-state index contributed by atoms with van der Waals surface area (Å²) in [6.45, 7) is 4.20. The van der Waals surface area contributed by atoms with Crippen molar-refractivity contribution in [2.45, 2.75) is 19.4 Å². The highest BCUT2D eigenvalue weighted by molar-refractivity contribution is 5.97. The molecule has 0 aliphatic carbocycles. The topological polar surface area (TPSA) is 86.9 Å². The molecule has 0 spiro atoms. The monoisotopic (exact) mass is 293 g/mol. The van der Waals surface area contributed by atoms with E-state index in [0.29, 0.717) is 6.54 Å². The average molecular weight is 293 g/mol. The molecule has 1 aliphatic heterocycles. The molecule has 0 bridgehead atoms. The largest absolute Gasteiger partial charge is 0.478 e. The fourth-order valence-electron chi connectivity index (χ4n) is 2.86. The molecule has 1 atom stereocenters. The van der Waals surface area contributed by atoms with Crippen molar-refractivity contribution in [2.24, 2.45) is 0 Å². The Morgan fingerprint density at radius 1 is 1.43 bits per heavy atom. The summed E-state index contributed by atoms with van der Waals surface area (Å²) in [7, 11) is 2.00. The zero-order valence-electron chi connectivity index (χ0n) is 12.2. The van der Waals surface area contributed by atoms with Crippen LogP contribution < -0.4 is 4.90 Å². The second-order valence-corrected chi connectivity index (χ2v) is 5.39. The molecule has 1 aromatic rings. The number of nitrogens with zero attached hydrogens (tertiary/aromatic N) is 3. The van der Waals surface area contributed by atoms with Crippen LogP contribution in [0.15, 0.2) is 18.2 Å². The van der Waals surface area contributed by atoms with Crippen LogP contribution in [0.4, 0.5) is 11.4 Å². The molecule has 114 valence electrons. The molecule has 1 unspecified atom stereocenters. The maximum Gasteiger partial charge on any atom is 0.338 e. The summed E-state index contributed by atoms with van der Waals surface area (Å²) in [4.78, 5) is 26.2. The average Bonchev–Trinajstić information content (AvgIpc) is 2.58. The highest BCUT2D eigenvalue weighted by Gasteiger charge is 2.30. The summed E-state index contributed by atoms with van der Waals surface area (Å²) >= 11 is 0. The van der Waals surface area contributed by atoms with Gasteiger partial charge in [0.1, 0.15) is 5.69 Å². The fourth-order valence-corrected chi connectivity index (χ4v) is 2.86. The van der Waals surface area contributed by atoms with E-state index >= 15 is 0 Å². The smallest absolute Gasteiger partial charge is 0.338 e. The molecule has 0 amide bonds. The third-order valence-corrected chi connectivity index (χ3v) is 3.78. The quantitative estimate of drug-likeness (QED) is 0.675. The van der Waals surface area contributed by atoms with Crippen molar-refractivity contribution in [1.29, 1.82) is 0 Å². The van der Waals surface area contributed by atoms with Crippen molar-refractivity contribution in [3.63, 3.8) is 0 Å². The third-order valence-electron chi connectivity index (χ3n) is 3.78. The van der Waals surface area contributed by atoms with E-state index in [1.54, 1.807) is 0 Å². The number of carbonyl (C=O) groups is 1. The van der Waals surface area contributed by atoms with E-state index in [9.17, 15) is 20.0 Å². The maximum atomic E-state index is 11.4. The summed E-state index contributed by atoms with van der Waals surface area (Å²) in [5.41, 5.74) is 0.0599. The molecular weight excluding hydrogens is 274 g/mol. The van der Waals surface area contributed by atoms with Crippen LogP contribution in [0.3, 0.4) is 0 Å². The number of carboxylic acid groups (broad SMARTS) is 1. The van der Waals surface area contributed by atoms with E-state index in [2.05, 4.69) is 4.90 Å². The number of carboxylic acids is 1. The maximum absolute atomic E-state index is 11.4. The van der Waals surface area contributed by atoms with Gasteiger partial charge < -0.3 is 14.9 Å². The molecule has 2 rings (SSSR count). The molecule has 21 heavy (non-hydrogen) atoms. The van der Waals surface area contributed by atoms with Crippen molar-refractivity contribution in [3.05, 3.63) is 33.9 Å². The summed E-state index contributed by atoms with van der Waals surface area (Å²) in [6.07, 6.45) is 0.839. The van der Waals surface area contributed by atoms with E-state index in [1.807, 2.05) is 18.9 Å². The number of benzene rings is 1. The standard InChI is InChI=1S/C14H19N3O4/c1-10-9-15(2)7-4-8-16(10)13-11(14(18)19)5-3-6-12(13)17(20)21/h3,5-6,10H,4,7-9H2,1-2H3,(H,18,19). The number of nitro benzene ring substituents is 1. The Balaban J connectivity index is 2.54. The number of aromatic carboxylic acids is 1. The van der Waals surface area contributed by atoms with Crippen molar-refractivity contribution < 1.29 is 14.8 Å². The fraction of sp³-hybridized carbons (Fsp3) is 0.500. The molecule has 7 heteroatoms. The molecule has 1 heterocycles. The van der Waals surface area contributed by atoms with E-state index in [-0.39, 0.29) is 23.0 Å². The first kappa shape index (κ1) is 15.2. The Morgan fingerprint density at radius 3 is 2.76 bits per heavy atom. The normalized spacial score (nSPS) is 20.1. The predicted octanol–water partition coefficient (Wildman–Crippen LogP) is 1.82. The summed E-state index contributed by atoms with van der Waals surface area (Å²) < 4.78 is 0. The highest BCUT2D eigenvalue weighted by Crippen LogP contribution is 2.34. The minimum atomic E-state index is -1.14. The highest BCUT2D eigenvalue weighted by atomic mass is 16.6. The number of hydrogen-bond donors (Lipinski definition) is 1. The SMILES string of the molecule is CC1CN(C)CCCN1c1c(C(=O)O)cccc1[N+](=O)[O-]. The van der Waals surface area contributed by atoms with Gasteiger partial charge >= 0.3 is 5.97 Å². The molecule has 1 saturated heterocycles. The zero-order chi connectivity index (χ0) is 15.6. The molecule has 7 nitrogen and oxygen atoms in total. The number of likely N-dealkylation sites (N-methyl/N-ethyl adjacent to an activating group) is 1. The van der Waals surface area contributed by atoms with Gasteiger partial charge in [-0.1, -0.05) is 6.07 Å². The van der Waals surface area contributed by atoms with Crippen LogP contribution in [-0.4, -0.2) is 53.6 Å². The summed E-state index contributed by atoms with van der Waals surface area (Å²) in [5, 5.41) is 20.6. The second-order valence-electron chi connectivity index (χ2n) is 5.39. The first-order valence-electron chi connectivity index (χ1n) is 6.87. The van der Waals surface area contributed by atoms with E-state index in [0.717, 1.165) is 19.5 Å². The minimum Gasteiger partial charge on any atom is -0.478 e. The molecule has 1 aliphatic rings.